The molecule has 23 heavy (non-hydrogen) atoms. The average molecular weight is 337 g/mol. The zero-order chi connectivity index (χ0) is 15.4. The minimum absolute atomic E-state index is 0. The summed E-state index contributed by atoms with van der Waals surface area (Å²) in [5.74, 6) is 0.728. The molecule has 0 radical (unpaired) electrons. The van der Waals surface area contributed by atoms with Crippen LogP contribution in [0.3, 0.4) is 0 Å². The second-order valence-corrected chi connectivity index (χ2v) is 5.77. The first-order chi connectivity index (χ1) is 10.7. The second-order valence-electron chi connectivity index (χ2n) is 5.77. The number of benzene rings is 1. The predicted octanol–water partition coefficient (Wildman–Crippen LogP) is 1.42. The Hall–Kier alpha value is -1.99. The van der Waals surface area contributed by atoms with Crippen molar-refractivity contribution in [1.82, 2.24) is 25.9 Å². The minimum Gasteiger partial charge on any atom is -0.352 e. The van der Waals surface area contributed by atoms with E-state index in [1.54, 1.807) is 0 Å². The number of hydrogen-bond donors (Lipinski definition) is 3. The molecule has 0 saturated heterocycles. The van der Waals surface area contributed by atoms with Gasteiger partial charge < -0.3 is 11.1 Å². The average Bonchev–Trinajstić information content (AvgIpc) is 3.07. The highest BCUT2D eigenvalue weighted by Gasteiger charge is 2.24. The van der Waals surface area contributed by atoms with Gasteiger partial charge in [0.2, 0.25) is 11.7 Å². The molecule has 1 heterocycles. The van der Waals surface area contributed by atoms with Crippen LogP contribution in [0, 0.1) is 5.92 Å². The number of nitrogens with one attached hydrogen (secondary N) is 2. The van der Waals surface area contributed by atoms with Gasteiger partial charge in [0, 0.05) is 24.1 Å². The quantitative estimate of drug-likeness (QED) is 0.782. The Morgan fingerprint density at radius 2 is 2.09 bits per heavy atom. The van der Waals surface area contributed by atoms with Crippen molar-refractivity contribution < 1.29 is 4.79 Å². The van der Waals surface area contributed by atoms with Crippen LogP contribution in [0.2, 0.25) is 0 Å². The normalized spacial score (nSPS) is 20.6. The molecule has 4 N–H and O–H groups in total. The summed E-state index contributed by atoms with van der Waals surface area (Å²) in [6, 6.07) is 7.92. The molecule has 3 rings (SSSR count). The fourth-order valence-corrected chi connectivity index (χ4v) is 2.85. The van der Waals surface area contributed by atoms with Crippen LogP contribution in [0.25, 0.3) is 11.4 Å². The van der Waals surface area contributed by atoms with Gasteiger partial charge in [-0.05, 0) is 30.0 Å². The first kappa shape index (κ1) is 17.4. The number of carbonyl (C=O) groups is 1. The molecule has 2 atom stereocenters. The smallest absolute Gasteiger partial charge is 0.223 e. The van der Waals surface area contributed by atoms with E-state index in [1.165, 1.54) is 0 Å². The van der Waals surface area contributed by atoms with E-state index in [4.69, 9.17) is 5.73 Å². The molecule has 2 unspecified atom stereocenters. The molecule has 8 heteroatoms. The molecular weight excluding hydrogens is 316 g/mol. The third-order valence-corrected chi connectivity index (χ3v) is 4.11. The van der Waals surface area contributed by atoms with Gasteiger partial charge in [-0.1, -0.05) is 30.7 Å². The molecular formula is C15H21ClN6O. The van der Waals surface area contributed by atoms with E-state index in [2.05, 4.69) is 25.9 Å². The van der Waals surface area contributed by atoms with Gasteiger partial charge >= 0.3 is 0 Å². The van der Waals surface area contributed by atoms with Crippen LogP contribution < -0.4 is 11.1 Å². The monoisotopic (exact) mass is 336 g/mol. The first-order valence-corrected chi connectivity index (χ1v) is 7.58. The number of aromatic amines is 1. The van der Waals surface area contributed by atoms with Gasteiger partial charge in [-0.15, -0.1) is 22.6 Å². The fraction of sp³-hybridized carbons (Fsp3) is 0.467. The third kappa shape index (κ3) is 4.49. The van der Waals surface area contributed by atoms with Gasteiger partial charge in [-0.25, -0.2) is 0 Å². The van der Waals surface area contributed by atoms with Gasteiger partial charge in [-0.2, -0.15) is 5.21 Å². The number of rotatable bonds is 4. The number of tetrazole rings is 1. The molecule has 124 valence electrons. The summed E-state index contributed by atoms with van der Waals surface area (Å²) in [4.78, 5) is 12.2. The van der Waals surface area contributed by atoms with Crippen LogP contribution in [0.4, 0.5) is 0 Å². The second kappa shape index (κ2) is 8.03. The highest BCUT2D eigenvalue weighted by molar-refractivity contribution is 5.85. The van der Waals surface area contributed by atoms with E-state index < -0.39 is 0 Å². The van der Waals surface area contributed by atoms with E-state index in [0.29, 0.717) is 12.4 Å². The Bertz CT molecular complexity index is 615. The lowest BCUT2D eigenvalue weighted by Gasteiger charge is -2.25. The molecule has 1 saturated carbocycles. The SMILES string of the molecule is Cl.NC1CCCC(C(=O)NCc2ccc(-c3nn[nH]n3)cc2)C1. The predicted molar refractivity (Wildman–Crippen MR) is 88.6 cm³/mol. The maximum atomic E-state index is 12.2. The molecule has 0 spiro atoms. The van der Waals surface area contributed by atoms with Crippen LogP contribution in [-0.4, -0.2) is 32.6 Å². The Labute approximate surface area is 140 Å². The van der Waals surface area contributed by atoms with Crippen molar-refractivity contribution >= 4 is 18.3 Å². The summed E-state index contributed by atoms with van der Waals surface area (Å²) in [6.45, 7) is 0.525. The molecule has 1 aliphatic rings. The molecule has 7 nitrogen and oxygen atoms in total. The zero-order valence-electron chi connectivity index (χ0n) is 12.7. The lowest BCUT2D eigenvalue weighted by molar-refractivity contribution is -0.126. The number of halogens is 1. The fourth-order valence-electron chi connectivity index (χ4n) is 2.85. The van der Waals surface area contributed by atoms with E-state index in [1.807, 2.05) is 24.3 Å². The zero-order valence-corrected chi connectivity index (χ0v) is 13.6. The number of carbonyl (C=O) groups excluding carboxylic acids is 1. The number of H-pyrrole nitrogens is 1. The summed E-state index contributed by atoms with van der Waals surface area (Å²) in [7, 11) is 0. The summed E-state index contributed by atoms with van der Waals surface area (Å²) < 4.78 is 0. The molecule has 0 bridgehead atoms. The topological polar surface area (TPSA) is 110 Å². The molecule has 1 aromatic carbocycles. The molecule has 1 aromatic heterocycles. The summed E-state index contributed by atoms with van der Waals surface area (Å²) >= 11 is 0. The van der Waals surface area contributed by atoms with Crippen molar-refractivity contribution in [2.75, 3.05) is 0 Å². The Balaban J connectivity index is 0.00000192. The lowest BCUT2D eigenvalue weighted by atomic mass is 9.85. The van der Waals surface area contributed by atoms with E-state index >= 15 is 0 Å². The summed E-state index contributed by atoms with van der Waals surface area (Å²) in [6.07, 6.45) is 3.80. The molecule has 1 fully saturated rings. The summed E-state index contributed by atoms with van der Waals surface area (Å²) in [5.41, 5.74) is 7.87. The number of aromatic nitrogens is 4. The first-order valence-electron chi connectivity index (χ1n) is 7.58. The standard InChI is InChI=1S/C15H20N6O.ClH/c16-13-3-1-2-12(8-13)15(22)17-9-10-4-6-11(7-5-10)14-18-20-21-19-14;/h4-7,12-13H,1-3,8-9,16H2,(H,17,22)(H,18,19,20,21);1H. The van der Waals surface area contributed by atoms with Gasteiger partial charge in [0.25, 0.3) is 0 Å². The maximum absolute atomic E-state index is 12.2. The number of nitrogens with two attached hydrogens (primary N) is 1. The molecule has 1 aliphatic carbocycles. The Morgan fingerprint density at radius 1 is 1.30 bits per heavy atom. The van der Waals surface area contributed by atoms with Gasteiger partial charge in [0.1, 0.15) is 0 Å². The van der Waals surface area contributed by atoms with Gasteiger partial charge in [0.15, 0.2) is 0 Å². The number of hydrogen-bond acceptors (Lipinski definition) is 5. The highest BCUT2D eigenvalue weighted by Crippen LogP contribution is 2.23. The number of amides is 1. The van der Waals surface area contributed by atoms with Crippen LogP contribution in [0.15, 0.2) is 24.3 Å². The Kier molecular flexibility index (Phi) is 6.06. The van der Waals surface area contributed by atoms with Crippen LogP contribution in [-0.2, 0) is 11.3 Å². The van der Waals surface area contributed by atoms with Gasteiger partial charge in [0.05, 0.1) is 0 Å². The maximum Gasteiger partial charge on any atom is 0.223 e. The van der Waals surface area contributed by atoms with E-state index in [-0.39, 0.29) is 30.3 Å². The van der Waals surface area contributed by atoms with E-state index in [0.717, 1.165) is 36.8 Å². The lowest BCUT2D eigenvalue weighted by Crippen LogP contribution is -2.37. The van der Waals surface area contributed by atoms with Crippen molar-refractivity contribution in [2.24, 2.45) is 11.7 Å². The van der Waals surface area contributed by atoms with Crippen LogP contribution >= 0.6 is 12.4 Å². The minimum atomic E-state index is 0. The largest absolute Gasteiger partial charge is 0.352 e. The summed E-state index contributed by atoms with van der Waals surface area (Å²) in [5, 5.41) is 16.8. The van der Waals surface area contributed by atoms with Crippen LogP contribution in [0.5, 0.6) is 0 Å². The molecule has 0 aliphatic heterocycles. The molecule has 2 aromatic rings. The van der Waals surface area contributed by atoms with Crippen molar-refractivity contribution in [1.29, 1.82) is 0 Å². The van der Waals surface area contributed by atoms with Gasteiger partial charge in [-0.3, -0.25) is 4.79 Å². The van der Waals surface area contributed by atoms with Crippen molar-refractivity contribution in [3.63, 3.8) is 0 Å². The third-order valence-electron chi connectivity index (χ3n) is 4.11. The van der Waals surface area contributed by atoms with Crippen molar-refractivity contribution in [3.8, 4) is 11.4 Å². The van der Waals surface area contributed by atoms with Crippen LogP contribution in [0.1, 0.15) is 31.2 Å². The number of nitrogens with zero attached hydrogens (tertiary/aromatic N) is 3. The molecule has 1 amide bonds. The Morgan fingerprint density at radius 3 is 2.74 bits per heavy atom. The highest BCUT2D eigenvalue weighted by atomic mass is 35.5. The van der Waals surface area contributed by atoms with Crippen molar-refractivity contribution in [2.45, 2.75) is 38.3 Å². The van der Waals surface area contributed by atoms with Crippen molar-refractivity contribution in [3.05, 3.63) is 29.8 Å². The van der Waals surface area contributed by atoms with E-state index in [9.17, 15) is 4.79 Å².